The van der Waals surface area contributed by atoms with E-state index in [9.17, 15) is 49.1 Å². The van der Waals surface area contributed by atoms with Gasteiger partial charge < -0.3 is 0 Å². The number of amides is 3. The molecule has 0 bridgehead atoms. The van der Waals surface area contributed by atoms with Crippen LogP contribution in [0.1, 0.15) is 22.3 Å². The molecule has 1 saturated heterocycles. The maximum Gasteiger partial charge on any atom is 0.416 e. The number of imide groups is 1. The van der Waals surface area contributed by atoms with Gasteiger partial charge in [-0.05, 0) is 53.2 Å². The monoisotopic (exact) mass is 635 g/mol. The first-order valence-corrected chi connectivity index (χ1v) is 13.8. The van der Waals surface area contributed by atoms with Gasteiger partial charge in [0.25, 0.3) is 17.1 Å². The van der Waals surface area contributed by atoms with E-state index in [1.54, 1.807) is 4.72 Å². The van der Waals surface area contributed by atoms with Gasteiger partial charge in [0.1, 0.15) is 6.54 Å². The van der Waals surface area contributed by atoms with E-state index < -0.39 is 69.4 Å². The predicted molar refractivity (Wildman–Crippen MR) is 139 cm³/mol. The molecule has 0 spiro atoms. The zero-order valence-corrected chi connectivity index (χ0v) is 23.1. The molecule has 18 heteroatoms. The minimum atomic E-state index is -5.04. The second-order valence-electron chi connectivity index (χ2n) is 9.07. The van der Waals surface area contributed by atoms with E-state index >= 15 is 0 Å². The molecule has 0 radical (unpaired) electrons. The van der Waals surface area contributed by atoms with E-state index in [1.165, 1.54) is 49.2 Å². The van der Waals surface area contributed by atoms with Crippen molar-refractivity contribution in [2.75, 3.05) is 20.6 Å². The lowest BCUT2D eigenvalue weighted by Gasteiger charge is -2.16. The fraction of sp³-hybridized carbons (Fsp3) is 0.250. The van der Waals surface area contributed by atoms with Gasteiger partial charge in [0, 0.05) is 19.5 Å². The number of hydrogen-bond donors (Lipinski definition) is 1. The summed E-state index contributed by atoms with van der Waals surface area (Å²) >= 11 is 0.513. The highest BCUT2D eigenvalue weighted by Crippen LogP contribution is 2.38. The van der Waals surface area contributed by atoms with Crippen molar-refractivity contribution in [3.05, 3.63) is 69.8 Å². The maximum atomic E-state index is 13.6. The van der Waals surface area contributed by atoms with Crippen LogP contribution in [0.5, 0.6) is 0 Å². The highest BCUT2D eigenvalue weighted by atomic mass is 32.2. The summed E-state index contributed by atoms with van der Waals surface area (Å²) in [4.78, 5) is 37.6. The molecule has 0 aliphatic carbocycles. The van der Waals surface area contributed by atoms with Crippen LogP contribution in [0.25, 0.3) is 17.0 Å². The zero-order chi connectivity index (χ0) is 31.2. The molecule has 1 aromatic heterocycles. The minimum Gasteiger partial charge on any atom is -0.272 e. The lowest BCUT2D eigenvalue weighted by atomic mass is 10.0. The van der Waals surface area contributed by atoms with Crippen molar-refractivity contribution < 1.29 is 49.1 Å². The second-order valence-corrected chi connectivity index (χ2v) is 11.9. The van der Waals surface area contributed by atoms with Crippen molar-refractivity contribution in [3.63, 3.8) is 0 Å². The maximum absolute atomic E-state index is 13.6. The Labute approximate surface area is 238 Å². The number of carbonyl (C=O) groups excluding carboxylic acids is 3. The van der Waals surface area contributed by atoms with E-state index in [0.717, 1.165) is 10.4 Å². The van der Waals surface area contributed by atoms with Crippen LogP contribution < -0.4 is 4.72 Å². The first-order chi connectivity index (χ1) is 19.4. The summed E-state index contributed by atoms with van der Waals surface area (Å²) in [7, 11) is -1.79. The van der Waals surface area contributed by atoms with Crippen molar-refractivity contribution in [1.82, 2.24) is 23.7 Å². The molecule has 3 amide bonds. The van der Waals surface area contributed by atoms with Crippen LogP contribution in [0.15, 0.2) is 47.5 Å². The van der Waals surface area contributed by atoms with Crippen molar-refractivity contribution in [3.8, 4) is 0 Å². The Kier molecular flexibility index (Phi) is 8.18. The molecule has 1 aliphatic heterocycles. The minimum absolute atomic E-state index is 0.0526. The van der Waals surface area contributed by atoms with Crippen molar-refractivity contribution in [1.29, 1.82) is 0 Å². The first-order valence-electron chi connectivity index (χ1n) is 11.6. The zero-order valence-electron chi connectivity index (χ0n) is 21.4. The Balaban J connectivity index is 1.55. The highest BCUT2D eigenvalue weighted by Gasteiger charge is 2.39. The predicted octanol–water partition coefficient (Wildman–Crippen LogP) is 4.08. The van der Waals surface area contributed by atoms with Crippen molar-refractivity contribution in [2.45, 2.75) is 18.9 Å². The number of halogens is 6. The first kappa shape index (κ1) is 31.0. The molecule has 1 aliphatic rings. The van der Waals surface area contributed by atoms with Crippen LogP contribution in [-0.2, 0) is 38.7 Å². The summed E-state index contributed by atoms with van der Waals surface area (Å²) in [6, 6.07) is 5.82. The van der Waals surface area contributed by atoms with Gasteiger partial charge in [0.05, 0.1) is 34.3 Å². The fourth-order valence-corrected chi connectivity index (χ4v) is 5.21. The third-order valence-corrected chi connectivity index (χ3v) is 8.28. The summed E-state index contributed by atoms with van der Waals surface area (Å²) in [6.07, 6.45) is -7.36. The molecular weight excluding hydrogens is 616 g/mol. The summed E-state index contributed by atoms with van der Waals surface area (Å²) in [5.74, 6) is -1.96. The number of aromatic nitrogens is 2. The lowest BCUT2D eigenvalue weighted by molar-refractivity contribution is -0.143. The topological polar surface area (TPSA) is 122 Å². The molecule has 2 heterocycles. The normalized spacial score (nSPS) is 15.8. The summed E-state index contributed by atoms with van der Waals surface area (Å²) in [5.41, 5.74) is -2.58. The Morgan fingerprint density at radius 1 is 1.05 bits per heavy atom. The third-order valence-electron chi connectivity index (χ3n) is 5.93. The van der Waals surface area contributed by atoms with Crippen LogP contribution >= 0.6 is 11.8 Å². The van der Waals surface area contributed by atoms with Crippen LogP contribution in [0, 0.1) is 0 Å². The molecule has 1 N–H and O–H groups in total. The molecule has 224 valence electrons. The largest absolute Gasteiger partial charge is 0.416 e. The van der Waals surface area contributed by atoms with E-state index in [2.05, 4.69) is 5.10 Å². The van der Waals surface area contributed by atoms with Crippen molar-refractivity contribution in [2.24, 2.45) is 0 Å². The number of nitrogens with one attached hydrogen (secondary N) is 1. The van der Waals surface area contributed by atoms with Gasteiger partial charge in [-0.15, -0.1) is 0 Å². The molecule has 2 aromatic carbocycles. The van der Waals surface area contributed by atoms with E-state index in [-0.39, 0.29) is 11.0 Å². The number of nitrogens with zero attached hydrogens (tertiary/aromatic N) is 4. The standard InChI is InChI=1S/C24H19F6N5O5S2/c1-33(2)42(39,40)32-20(36)12-34-21(37)19(41-22(34)38)8-13-3-6-18-15(7-13)10-31-35(18)11-14-4-5-16(23(25,26)27)9-17(14)24(28,29)30/h3-10H,11-12H2,1-2H3,(H,32,36)/b19-8-. The number of benzene rings is 2. The smallest absolute Gasteiger partial charge is 0.272 e. The molecule has 1 fully saturated rings. The number of thioether (sulfide) groups is 1. The molecular formula is C24H19F6N5O5S2. The number of hydrogen-bond acceptors (Lipinski definition) is 7. The van der Waals surface area contributed by atoms with Crippen LogP contribution in [0.3, 0.4) is 0 Å². The van der Waals surface area contributed by atoms with E-state index in [1.807, 2.05) is 0 Å². The van der Waals surface area contributed by atoms with Gasteiger partial charge in [0.15, 0.2) is 0 Å². The fourth-order valence-electron chi connectivity index (χ4n) is 3.84. The SMILES string of the molecule is CN(C)S(=O)(=O)NC(=O)CN1C(=O)S/C(=C\c2ccc3c(cnn3Cc3ccc(C(F)(F)F)cc3C(F)(F)F)c2)C1=O. The van der Waals surface area contributed by atoms with Gasteiger partial charge in [0.2, 0.25) is 0 Å². The third kappa shape index (κ3) is 6.60. The average molecular weight is 636 g/mol. The number of fused-ring (bicyclic) bond motifs is 1. The van der Waals surface area contributed by atoms with Crippen molar-refractivity contribution >= 4 is 56.0 Å². The molecule has 0 atom stereocenters. The summed E-state index contributed by atoms with van der Waals surface area (Å²) in [6.45, 7) is -1.33. The quantitative estimate of drug-likeness (QED) is 0.307. The molecule has 0 unspecified atom stereocenters. The molecule has 4 rings (SSSR count). The highest BCUT2D eigenvalue weighted by molar-refractivity contribution is 8.18. The van der Waals surface area contributed by atoms with Crippen LogP contribution in [0.4, 0.5) is 31.1 Å². The Morgan fingerprint density at radius 3 is 2.36 bits per heavy atom. The Morgan fingerprint density at radius 2 is 1.74 bits per heavy atom. The Hall–Kier alpha value is -3.90. The number of carbonyl (C=O) groups is 3. The summed E-state index contributed by atoms with van der Waals surface area (Å²) in [5, 5.41) is 3.65. The van der Waals surface area contributed by atoms with Crippen LogP contribution in [-0.4, -0.2) is 65.1 Å². The van der Waals surface area contributed by atoms with Gasteiger partial charge >= 0.3 is 22.6 Å². The average Bonchev–Trinajstić information content (AvgIpc) is 3.37. The van der Waals surface area contributed by atoms with E-state index in [0.29, 0.717) is 39.2 Å². The molecule has 3 aromatic rings. The van der Waals surface area contributed by atoms with E-state index in [4.69, 9.17) is 0 Å². The number of rotatable bonds is 7. The number of alkyl halides is 6. The second kappa shape index (κ2) is 11.1. The molecule has 0 saturated carbocycles. The molecule has 10 nitrogen and oxygen atoms in total. The van der Waals surface area contributed by atoms with Gasteiger partial charge in [-0.2, -0.15) is 44.2 Å². The van der Waals surface area contributed by atoms with Gasteiger partial charge in [-0.3, -0.25) is 24.0 Å². The van der Waals surface area contributed by atoms with Gasteiger partial charge in [-0.25, -0.2) is 4.72 Å². The summed E-state index contributed by atoms with van der Waals surface area (Å²) < 4.78 is 107. The molecule has 42 heavy (non-hydrogen) atoms. The lowest BCUT2D eigenvalue weighted by Crippen LogP contribution is -2.45. The van der Waals surface area contributed by atoms with Crippen LogP contribution in [0.2, 0.25) is 0 Å². The van der Waals surface area contributed by atoms with Gasteiger partial charge in [-0.1, -0.05) is 12.1 Å². The Bertz CT molecular complexity index is 1730.